The smallest absolute Gasteiger partial charge is 0.257 e. The standard InChI is InChI=1S/C26H28FN5O3/c1-2-20(33)31-14-6-7-17(15-31)32-23-22(25(28)29-30-26(23)34)21(24(32)27)16-10-12-19(13-11-16)35-18-8-4-3-5-9-18/h2-5,8-13,17,22-23,25,29H,1,6-7,14-15,28H2,(H,30,34)/t17-,22?,23?,25?/m1/s1. The van der Waals surface area contributed by atoms with Crippen molar-refractivity contribution in [2.24, 2.45) is 11.7 Å². The van der Waals surface area contributed by atoms with Gasteiger partial charge in [0, 0.05) is 30.6 Å². The molecule has 2 aromatic rings. The van der Waals surface area contributed by atoms with Gasteiger partial charge in [-0.15, -0.1) is 0 Å². The fourth-order valence-electron chi connectivity index (χ4n) is 5.25. The third-order valence-corrected chi connectivity index (χ3v) is 6.86. The van der Waals surface area contributed by atoms with Crippen molar-refractivity contribution in [2.75, 3.05) is 13.1 Å². The number of likely N-dealkylation sites (tertiary alicyclic amines) is 1. The second-order valence-electron chi connectivity index (χ2n) is 8.97. The number of nitrogens with one attached hydrogen (secondary N) is 2. The quantitative estimate of drug-likeness (QED) is 0.452. The van der Waals surface area contributed by atoms with Crippen molar-refractivity contribution in [3.8, 4) is 11.5 Å². The summed E-state index contributed by atoms with van der Waals surface area (Å²) in [6.45, 7) is 4.45. The zero-order chi connectivity index (χ0) is 24.5. The summed E-state index contributed by atoms with van der Waals surface area (Å²) in [5, 5.41) is 0. The lowest BCUT2D eigenvalue weighted by atomic mass is 9.85. The maximum Gasteiger partial charge on any atom is 0.257 e. The molecule has 2 fully saturated rings. The van der Waals surface area contributed by atoms with Crippen LogP contribution in [-0.2, 0) is 9.59 Å². The van der Waals surface area contributed by atoms with Crippen molar-refractivity contribution in [1.29, 1.82) is 0 Å². The fourth-order valence-corrected chi connectivity index (χ4v) is 5.25. The molecule has 2 saturated heterocycles. The predicted molar refractivity (Wildman–Crippen MR) is 129 cm³/mol. The van der Waals surface area contributed by atoms with Crippen LogP contribution in [0.1, 0.15) is 18.4 Å². The summed E-state index contributed by atoms with van der Waals surface area (Å²) < 4.78 is 22.1. The van der Waals surface area contributed by atoms with E-state index in [1.165, 1.54) is 11.0 Å². The van der Waals surface area contributed by atoms with Crippen molar-refractivity contribution < 1.29 is 18.7 Å². The number of fused-ring (bicyclic) bond motifs is 1. The number of ether oxygens (including phenoxy) is 1. The highest BCUT2D eigenvalue weighted by Crippen LogP contribution is 2.45. The Hall–Kier alpha value is -3.69. The third kappa shape index (κ3) is 4.28. The van der Waals surface area contributed by atoms with E-state index in [-0.39, 0.29) is 17.9 Å². The molecular formula is C26H28FN5O3. The predicted octanol–water partition coefficient (Wildman–Crippen LogP) is 2.51. The van der Waals surface area contributed by atoms with E-state index in [9.17, 15) is 9.59 Å². The molecule has 3 unspecified atom stereocenters. The van der Waals surface area contributed by atoms with Crippen molar-refractivity contribution in [1.82, 2.24) is 20.7 Å². The van der Waals surface area contributed by atoms with E-state index < -0.39 is 24.1 Å². The molecule has 0 radical (unpaired) electrons. The highest BCUT2D eigenvalue weighted by atomic mass is 19.1. The van der Waals surface area contributed by atoms with Crippen LogP contribution in [0, 0.1) is 5.92 Å². The van der Waals surface area contributed by atoms with Gasteiger partial charge in [-0.3, -0.25) is 15.0 Å². The van der Waals surface area contributed by atoms with Crippen molar-refractivity contribution in [3.63, 3.8) is 0 Å². The van der Waals surface area contributed by atoms with Gasteiger partial charge in [0.1, 0.15) is 17.5 Å². The molecule has 9 heteroatoms. The van der Waals surface area contributed by atoms with Gasteiger partial charge < -0.3 is 20.3 Å². The minimum atomic E-state index is -0.815. The van der Waals surface area contributed by atoms with Crippen LogP contribution >= 0.6 is 0 Å². The molecule has 4 atom stereocenters. The van der Waals surface area contributed by atoms with Crippen molar-refractivity contribution in [3.05, 3.63) is 78.8 Å². The Morgan fingerprint density at radius 3 is 2.57 bits per heavy atom. The van der Waals surface area contributed by atoms with E-state index in [2.05, 4.69) is 17.4 Å². The summed E-state index contributed by atoms with van der Waals surface area (Å²) in [4.78, 5) is 28.3. The molecule has 3 aliphatic rings. The van der Waals surface area contributed by atoms with Crippen LogP contribution in [0.4, 0.5) is 4.39 Å². The number of carbonyl (C=O) groups excluding carboxylic acids is 2. The Labute approximate surface area is 203 Å². The Kier molecular flexibility index (Phi) is 6.27. The first-order valence-electron chi connectivity index (χ1n) is 11.7. The van der Waals surface area contributed by atoms with Crippen LogP contribution in [0.2, 0.25) is 0 Å². The second-order valence-corrected chi connectivity index (χ2v) is 8.97. The molecule has 0 aliphatic carbocycles. The topological polar surface area (TPSA) is 99.9 Å². The summed E-state index contributed by atoms with van der Waals surface area (Å²) >= 11 is 0. The van der Waals surface area contributed by atoms with E-state index in [1.807, 2.05) is 30.3 Å². The number of benzene rings is 2. The van der Waals surface area contributed by atoms with Crippen LogP contribution in [0.25, 0.3) is 5.57 Å². The molecule has 4 N–H and O–H groups in total. The van der Waals surface area contributed by atoms with Crippen LogP contribution in [0.15, 0.2) is 73.2 Å². The fraction of sp³-hybridized carbons (Fsp3) is 0.308. The van der Waals surface area contributed by atoms with Crippen LogP contribution < -0.4 is 21.3 Å². The van der Waals surface area contributed by atoms with Crippen LogP contribution in [-0.4, -0.2) is 53.0 Å². The monoisotopic (exact) mass is 477 g/mol. The Balaban J connectivity index is 1.47. The lowest BCUT2D eigenvalue weighted by molar-refractivity contribution is -0.133. The summed E-state index contributed by atoms with van der Waals surface area (Å²) in [7, 11) is 0. The maximum absolute atomic E-state index is 16.2. The SMILES string of the molecule is C=CC(=O)N1CCC[C@@H](N2C(F)=C(c3ccc(Oc4ccccc4)cc3)C3C(N)NNC(=O)C32)C1. The summed E-state index contributed by atoms with van der Waals surface area (Å²) in [6.07, 6.45) is 1.94. The van der Waals surface area contributed by atoms with Crippen LogP contribution in [0.5, 0.6) is 11.5 Å². The zero-order valence-electron chi connectivity index (χ0n) is 19.2. The molecule has 0 spiro atoms. The largest absolute Gasteiger partial charge is 0.457 e. The average Bonchev–Trinajstić information content (AvgIpc) is 3.21. The Bertz CT molecular complexity index is 1150. The molecular weight excluding hydrogens is 449 g/mol. The molecule has 8 nitrogen and oxygen atoms in total. The lowest BCUT2D eigenvalue weighted by Gasteiger charge is -2.43. The lowest BCUT2D eigenvalue weighted by Crippen LogP contribution is -2.67. The second kappa shape index (κ2) is 9.52. The van der Waals surface area contributed by atoms with Gasteiger partial charge >= 0.3 is 0 Å². The number of piperidine rings is 1. The number of nitrogens with zero attached hydrogens (tertiary/aromatic N) is 2. The van der Waals surface area contributed by atoms with Gasteiger partial charge in [-0.1, -0.05) is 36.9 Å². The number of hydrogen-bond donors (Lipinski definition) is 3. The minimum Gasteiger partial charge on any atom is -0.457 e. The molecule has 2 aromatic carbocycles. The molecule has 3 heterocycles. The average molecular weight is 478 g/mol. The van der Waals surface area contributed by atoms with Crippen LogP contribution in [0.3, 0.4) is 0 Å². The van der Waals surface area contributed by atoms with Crippen molar-refractivity contribution in [2.45, 2.75) is 31.1 Å². The molecule has 3 aliphatic heterocycles. The van der Waals surface area contributed by atoms with Gasteiger partial charge in [0.2, 0.25) is 5.91 Å². The van der Waals surface area contributed by atoms with Gasteiger partial charge in [-0.05, 0) is 48.7 Å². The highest BCUT2D eigenvalue weighted by molar-refractivity contribution is 5.90. The van der Waals surface area contributed by atoms with Gasteiger partial charge in [0.15, 0.2) is 5.95 Å². The number of rotatable bonds is 5. The van der Waals surface area contributed by atoms with Gasteiger partial charge in [0.05, 0.1) is 6.17 Å². The summed E-state index contributed by atoms with van der Waals surface area (Å²) in [5.41, 5.74) is 12.7. The van der Waals surface area contributed by atoms with Gasteiger partial charge in [-0.25, -0.2) is 5.43 Å². The molecule has 2 amide bonds. The van der Waals surface area contributed by atoms with Crippen molar-refractivity contribution >= 4 is 17.4 Å². The first kappa shape index (κ1) is 23.1. The normalized spacial score (nSPS) is 26.3. The minimum absolute atomic E-state index is 0.199. The molecule has 0 bridgehead atoms. The molecule has 182 valence electrons. The van der Waals surface area contributed by atoms with E-state index in [0.717, 1.165) is 0 Å². The Morgan fingerprint density at radius 1 is 1.14 bits per heavy atom. The number of para-hydroxylation sites is 1. The summed E-state index contributed by atoms with van der Waals surface area (Å²) in [6, 6.07) is 15.3. The number of carbonyl (C=O) groups is 2. The highest BCUT2D eigenvalue weighted by Gasteiger charge is 2.53. The first-order chi connectivity index (χ1) is 17.0. The number of hydrazine groups is 1. The van der Waals surface area contributed by atoms with E-state index >= 15 is 4.39 Å². The maximum atomic E-state index is 16.2. The molecule has 0 saturated carbocycles. The van der Waals surface area contributed by atoms with E-state index in [0.29, 0.717) is 48.6 Å². The molecule has 5 rings (SSSR count). The molecule has 35 heavy (non-hydrogen) atoms. The number of halogens is 1. The Morgan fingerprint density at radius 2 is 1.86 bits per heavy atom. The first-order valence-corrected chi connectivity index (χ1v) is 11.7. The summed E-state index contributed by atoms with van der Waals surface area (Å²) in [5.74, 6) is -0.321. The van der Waals surface area contributed by atoms with E-state index in [1.54, 1.807) is 29.2 Å². The van der Waals surface area contributed by atoms with Gasteiger partial charge in [-0.2, -0.15) is 4.39 Å². The van der Waals surface area contributed by atoms with E-state index in [4.69, 9.17) is 10.5 Å². The number of amides is 2. The van der Waals surface area contributed by atoms with Gasteiger partial charge in [0.25, 0.3) is 5.91 Å². The number of hydrogen-bond acceptors (Lipinski definition) is 6. The molecule has 0 aromatic heterocycles. The zero-order valence-corrected chi connectivity index (χ0v) is 19.2. The number of nitrogens with two attached hydrogens (primary N) is 1. The third-order valence-electron chi connectivity index (χ3n) is 6.86.